The smallest absolute Gasteiger partial charge is 0.0458 e. The Balaban J connectivity index is 1.75. The Hall–Kier alpha value is -1.24. The molecule has 0 bridgehead atoms. The van der Waals surface area contributed by atoms with Gasteiger partial charge in [0.1, 0.15) is 0 Å². The zero-order valence-corrected chi connectivity index (χ0v) is 17.2. The van der Waals surface area contributed by atoms with Crippen LogP contribution in [-0.4, -0.2) is 4.98 Å². The van der Waals surface area contributed by atoms with Gasteiger partial charge in [0.15, 0.2) is 0 Å². The van der Waals surface area contributed by atoms with Gasteiger partial charge in [0, 0.05) is 16.6 Å². The van der Waals surface area contributed by atoms with Gasteiger partial charge >= 0.3 is 0 Å². The Kier molecular flexibility index (Phi) is 7.65. The highest BCUT2D eigenvalue weighted by Gasteiger charge is 2.19. The van der Waals surface area contributed by atoms with Crippen molar-refractivity contribution in [2.45, 2.75) is 97.3 Å². The molecule has 0 radical (unpaired) electrons. The maximum atomic E-state index is 3.77. The van der Waals surface area contributed by atoms with E-state index < -0.39 is 0 Å². The average Bonchev–Trinajstić information content (AvgIpc) is 3.02. The maximum absolute atomic E-state index is 3.77. The minimum atomic E-state index is 0.926. The molecule has 0 spiro atoms. The summed E-state index contributed by atoms with van der Waals surface area (Å²) in [5, 5.41) is 1.49. The molecular formula is C25H39N. The number of unbranched alkanes of at least 4 members (excludes halogenated alkanes) is 3. The van der Waals surface area contributed by atoms with Crippen LogP contribution >= 0.6 is 0 Å². The van der Waals surface area contributed by atoms with Gasteiger partial charge in [-0.1, -0.05) is 89.8 Å². The standard InChI is InChI=1S/C25H39N/c1-3-5-6-7-11-21-15-14-20(10-4-2)17-19-25-23(18-16-21)22-12-8-9-13-24(22)26-25/h8-9,12-13,20-21,26H,3-7,10-11,14-19H2,1-2H3. The predicted molar refractivity (Wildman–Crippen MR) is 115 cm³/mol. The van der Waals surface area contributed by atoms with E-state index in [0.29, 0.717) is 0 Å². The number of H-pyrrole nitrogens is 1. The number of aryl methyl sites for hydroxylation is 2. The van der Waals surface area contributed by atoms with Crippen molar-refractivity contribution in [3.63, 3.8) is 0 Å². The van der Waals surface area contributed by atoms with E-state index in [1.165, 1.54) is 94.4 Å². The summed E-state index contributed by atoms with van der Waals surface area (Å²) in [6.07, 6.45) is 18.1. The van der Waals surface area contributed by atoms with Crippen LogP contribution in [0, 0.1) is 11.8 Å². The highest BCUT2D eigenvalue weighted by Crippen LogP contribution is 2.33. The summed E-state index contributed by atoms with van der Waals surface area (Å²) in [7, 11) is 0. The predicted octanol–water partition coefficient (Wildman–Crippen LogP) is 7.83. The molecule has 0 fully saturated rings. The van der Waals surface area contributed by atoms with Crippen LogP contribution in [0.2, 0.25) is 0 Å². The molecule has 2 aromatic rings. The van der Waals surface area contributed by atoms with Gasteiger partial charge in [-0.25, -0.2) is 0 Å². The van der Waals surface area contributed by atoms with Crippen molar-refractivity contribution in [3.8, 4) is 0 Å². The zero-order valence-electron chi connectivity index (χ0n) is 17.2. The average molecular weight is 354 g/mol. The second-order valence-corrected chi connectivity index (χ2v) is 8.65. The Morgan fingerprint density at radius 1 is 0.808 bits per heavy atom. The van der Waals surface area contributed by atoms with Crippen molar-refractivity contribution in [1.82, 2.24) is 4.98 Å². The van der Waals surface area contributed by atoms with E-state index >= 15 is 0 Å². The van der Waals surface area contributed by atoms with Crippen LogP contribution in [0.25, 0.3) is 10.9 Å². The number of aromatic amines is 1. The van der Waals surface area contributed by atoms with Crippen LogP contribution in [-0.2, 0) is 12.8 Å². The topological polar surface area (TPSA) is 15.8 Å². The molecule has 1 aliphatic carbocycles. The summed E-state index contributed by atoms with van der Waals surface area (Å²) < 4.78 is 0. The number of fused-ring (bicyclic) bond motifs is 3. The Morgan fingerprint density at radius 2 is 1.58 bits per heavy atom. The fraction of sp³-hybridized carbons (Fsp3) is 0.680. The van der Waals surface area contributed by atoms with Gasteiger partial charge in [-0.2, -0.15) is 0 Å². The Morgan fingerprint density at radius 3 is 2.38 bits per heavy atom. The third-order valence-corrected chi connectivity index (χ3v) is 6.65. The Bertz CT molecular complexity index is 653. The molecule has 1 N–H and O–H groups in total. The van der Waals surface area contributed by atoms with Gasteiger partial charge in [0.25, 0.3) is 0 Å². The van der Waals surface area contributed by atoms with E-state index in [4.69, 9.17) is 0 Å². The van der Waals surface area contributed by atoms with Crippen LogP contribution < -0.4 is 0 Å². The first-order valence-electron chi connectivity index (χ1n) is 11.4. The van der Waals surface area contributed by atoms with Crippen LogP contribution in [0.5, 0.6) is 0 Å². The van der Waals surface area contributed by atoms with Crippen molar-refractivity contribution in [2.75, 3.05) is 0 Å². The molecule has 1 aromatic heterocycles. The summed E-state index contributed by atoms with van der Waals surface area (Å²) in [5.41, 5.74) is 4.53. The van der Waals surface area contributed by atoms with Gasteiger partial charge < -0.3 is 4.98 Å². The number of hydrogen-bond acceptors (Lipinski definition) is 0. The monoisotopic (exact) mass is 353 g/mol. The minimum Gasteiger partial charge on any atom is -0.358 e. The van der Waals surface area contributed by atoms with Gasteiger partial charge in [-0.15, -0.1) is 0 Å². The van der Waals surface area contributed by atoms with Crippen LogP contribution in [0.4, 0.5) is 0 Å². The largest absolute Gasteiger partial charge is 0.358 e. The maximum Gasteiger partial charge on any atom is 0.0458 e. The van der Waals surface area contributed by atoms with Gasteiger partial charge in [-0.3, -0.25) is 0 Å². The van der Waals surface area contributed by atoms with Crippen LogP contribution in [0.1, 0.15) is 95.7 Å². The fourth-order valence-corrected chi connectivity index (χ4v) is 5.06. The number of aromatic nitrogens is 1. The third kappa shape index (κ3) is 5.15. The first-order valence-corrected chi connectivity index (χ1v) is 11.4. The van der Waals surface area contributed by atoms with E-state index in [1.54, 1.807) is 11.3 Å². The summed E-state index contributed by atoms with van der Waals surface area (Å²) in [6, 6.07) is 8.96. The molecule has 1 aromatic carbocycles. The molecule has 1 nitrogen and oxygen atoms in total. The molecule has 0 saturated carbocycles. The van der Waals surface area contributed by atoms with Gasteiger partial charge in [-0.05, 0) is 49.1 Å². The summed E-state index contributed by atoms with van der Waals surface area (Å²) in [4.78, 5) is 3.77. The van der Waals surface area contributed by atoms with Crippen molar-refractivity contribution in [1.29, 1.82) is 0 Å². The summed E-state index contributed by atoms with van der Waals surface area (Å²) in [6.45, 7) is 4.67. The number of rotatable bonds is 7. The lowest BCUT2D eigenvalue weighted by molar-refractivity contribution is 0.322. The van der Waals surface area contributed by atoms with Crippen molar-refractivity contribution < 1.29 is 0 Å². The van der Waals surface area contributed by atoms with E-state index in [-0.39, 0.29) is 0 Å². The molecule has 144 valence electrons. The molecule has 2 atom stereocenters. The number of nitrogens with one attached hydrogen (secondary N) is 1. The first-order chi connectivity index (χ1) is 12.8. The second kappa shape index (κ2) is 10.2. The lowest BCUT2D eigenvalue weighted by Gasteiger charge is -2.23. The fourth-order valence-electron chi connectivity index (χ4n) is 5.06. The molecule has 0 saturated heterocycles. The molecule has 3 rings (SSSR count). The SMILES string of the molecule is CCCCCCC1CCc2c([nH]c3ccccc23)CCC(CCC)CC1. The second-order valence-electron chi connectivity index (χ2n) is 8.65. The highest BCUT2D eigenvalue weighted by atomic mass is 14.7. The van der Waals surface area contributed by atoms with Crippen molar-refractivity contribution in [2.24, 2.45) is 11.8 Å². The van der Waals surface area contributed by atoms with E-state index in [2.05, 4.69) is 43.1 Å². The molecule has 1 heterocycles. The van der Waals surface area contributed by atoms with Crippen LogP contribution in [0.15, 0.2) is 24.3 Å². The quantitative estimate of drug-likeness (QED) is 0.488. The molecule has 0 aliphatic heterocycles. The van der Waals surface area contributed by atoms with E-state index in [0.717, 1.165) is 11.8 Å². The lowest BCUT2D eigenvalue weighted by Crippen LogP contribution is -2.11. The molecule has 2 unspecified atom stereocenters. The molecule has 0 amide bonds. The van der Waals surface area contributed by atoms with Crippen molar-refractivity contribution in [3.05, 3.63) is 35.5 Å². The number of hydrogen-bond donors (Lipinski definition) is 1. The normalized spacial score (nSPS) is 21.6. The van der Waals surface area contributed by atoms with Crippen LogP contribution in [0.3, 0.4) is 0 Å². The zero-order chi connectivity index (χ0) is 18.2. The highest BCUT2D eigenvalue weighted by molar-refractivity contribution is 5.84. The summed E-state index contributed by atoms with van der Waals surface area (Å²) in [5.74, 6) is 1.86. The van der Waals surface area contributed by atoms with E-state index in [1.807, 2.05) is 0 Å². The van der Waals surface area contributed by atoms with E-state index in [9.17, 15) is 0 Å². The van der Waals surface area contributed by atoms with Gasteiger partial charge in [0.2, 0.25) is 0 Å². The third-order valence-electron chi connectivity index (χ3n) is 6.65. The van der Waals surface area contributed by atoms with Gasteiger partial charge in [0.05, 0.1) is 0 Å². The molecule has 1 heteroatoms. The first kappa shape index (κ1) is 19.5. The Labute approximate surface area is 161 Å². The number of para-hydroxylation sites is 1. The molecule has 1 aliphatic rings. The lowest BCUT2D eigenvalue weighted by atomic mass is 9.82. The van der Waals surface area contributed by atoms with Crippen molar-refractivity contribution >= 4 is 10.9 Å². The molecular weight excluding hydrogens is 314 g/mol. The number of benzene rings is 1. The minimum absolute atomic E-state index is 0.926. The summed E-state index contributed by atoms with van der Waals surface area (Å²) >= 11 is 0. The molecule has 26 heavy (non-hydrogen) atoms.